The molecule has 4 rings (SSSR count). The van der Waals surface area contributed by atoms with E-state index in [0.29, 0.717) is 32.1 Å². The first-order valence-electron chi connectivity index (χ1n) is 9.92. The smallest absolute Gasteiger partial charge is 0.233 e. The number of fused-ring (bicyclic) bond motifs is 5. The molecule has 2 bridgehead atoms. The van der Waals surface area contributed by atoms with Crippen LogP contribution in [0.15, 0.2) is 41.4 Å². The summed E-state index contributed by atoms with van der Waals surface area (Å²) in [6, 6.07) is 6.92. The van der Waals surface area contributed by atoms with E-state index in [4.69, 9.17) is 0 Å². The number of imide groups is 1. The molecule has 4 atom stereocenters. The van der Waals surface area contributed by atoms with E-state index in [1.54, 1.807) is 12.1 Å². The van der Waals surface area contributed by atoms with Crippen molar-refractivity contribution < 1.29 is 14.7 Å². The second-order valence-electron chi connectivity index (χ2n) is 7.62. The maximum absolute atomic E-state index is 12.7. The molecule has 0 spiro atoms. The van der Waals surface area contributed by atoms with Gasteiger partial charge in [0.05, 0.1) is 18.4 Å². The maximum Gasteiger partial charge on any atom is 0.233 e. The number of hydrogen-bond acceptors (Lipinski definition) is 4. The molecule has 2 aliphatic carbocycles. The molecular formula is C21H26N4O3. The molecule has 3 N–H and O–H groups in total. The number of benzene rings is 1. The molecule has 3 aliphatic rings. The van der Waals surface area contributed by atoms with Gasteiger partial charge in [0.15, 0.2) is 5.96 Å². The Hall–Kier alpha value is -2.83. The van der Waals surface area contributed by atoms with Crippen molar-refractivity contribution in [2.75, 3.05) is 19.6 Å². The predicted molar refractivity (Wildman–Crippen MR) is 105 cm³/mol. The Balaban J connectivity index is 1.32. The van der Waals surface area contributed by atoms with Crippen LogP contribution in [0.2, 0.25) is 0 Å². The van der Waals surface area contributed by atoms with Gasteiger partial charge < -0.3 is 15.7 Å². The second-order valence-corrected chi connectivity index (χ2v) is 7.62. The number of allylic oxidation sites excluding steroid dienone is 2. The SMILES string of the molecule is CCNC(=NCc1ccc(O)cc1)NCCN1C(=O)C2C3C=CC(C3)C2C1=O. The van der Waals surface area contributed by atoms with Gasteiger partial charge in [0.2, 0.25) is 11.8 Å². The number of aromatic hydroxyl groups is 1. The summed E-state index contributed by atoms with van der Waals surface area (Å²) in [5.41, 5.74) is 0.982. The van der Waals surface area contributed by atoms with E-state index in [-0.39, 0.29) is 41.2 Å². The number of hydrogen-bond donors (Lipinski definition) is 3. The molecule has 7 nitrogen and oxygen atoms in total. The number of guanidine groups is 1. The fourth-order valence-corrected chi connectivity index (χ4v) is 4.58. The van der Waals surface area contributed by atoms with Crippen molar-refractivity contribution in [2.24, 2.45) is 28.7 Å². The van der Waals surface area contributed by atoms with E-state index in [2.05, 4.69) is 27.8 Å². The van der Waals surface area contributed by atoms with Crippen molar-refractivity contribution in [2.45, 2.75) is 19.9 Å². The molecule has 1 aromatic carbocycles. The lowest BCUT2D eigenvalue weighted by Crippen LogP contribution is -2.43. The Morgan fingerprint density at radius 3 is 2.36 bits per heavy atom. The first kappa shape index (κ1) is 18.5. The van der Waals surface area contributed by atoms with Crippen LogP contribution in [0, 0.1) is 23.7 Å². The van der Waals surface area contributed by atoms with Crippen molar-refractivity contribution in [3.05, 3.63) is 42.0 Å². The summed E-state index contributed by atoms with van der Waals surface area (Å²) in [6.07, 6.45) is 5.17. The summed E-state index contributed by atoms with van der Waals surface area (Å²) in [6.45, 7) is 3.97. The zero-order chi connectivity index (χ0) is 19.7. The highest BCUT2D eigenvalue weighted by molar-refractivity contribution is 6.06. The quantitative estimate of drug-likeness (QED) is 0.298. The lowest BCUT2D eigenvalue weighted by molar-refractivity contribution is -0.140. The zero-order valence-electron chi connectivity index (χ0n) is 16.0. The van der Waals surface area contributed by atoms with Crippen LogP contribution in [0.4, 0.5) is 0 Å². The first-order chi connectivity index (χ1) is 13.6. The Kier molecular flexibility index (Phi) is 5.07. The molecule has 0 aromatic heterocycles. The van der Waals surface area contributed by atoms with E-state index < -0.39 is 0 Å². The number of aliphatic imine (C=N–C) groups is 1. The number of nitrogens with one attached hydrogen (secondary N) is 2. The molecule has 148 valence electrons. The summed E-state index contributed by atoms with van der Waals surface area (Å²) >= 11 is 0. The number of phenols is 1. The Labute approximate surface area is 164 Å². The lowest BCUT2D eigenvalue weighted by Gasteiger charge is -2.18. The number of carbonyl (C=O) groups excluding carboxylic acids is 2. The average Bonchev–Trinajstić information content (AvgIpc) is 3.37. The summed E-state index contributed by atoms with van der Waals surface area (Å²) in [5, 5.41) is 15.7. The summed E-state index contributed by atoms with van der Waals surface area (Å²) in [4.78, 5) is 31.4. The zero-order valence-corrected chi connectivity index (χ0v) is 16.0. The third-order valence-electron chi connectivity index (χ3n) is 5.89. The van der Waals surface area contributed by atoms with Gasteiger partial charge in [0.25, 0.3) is 0 Å². The minimum absolute atomic E-state index is 0.0142. The molecule has 2 amide bonds. The van der Waals surface area contributed by atoms with Gasteiger partial charge in [0.1, 0.15) is 5.75 Å². The van der Waals surface area contributed by atoms with Crippen LogP contribution in [0.25, 0.3) is 0 Å². The summed E-state index contributed by atoms with van der Waals surface area (Å²) in [7, 11) is 0. The van der Waals surface area contributed by atoms with Crippen molar-refractivity contribution >= 4 is 17.8 Å². The van der Waals surface area contributed by atoms with E-state index in [1.165, 1.54) is 4.90 Å². The van der Waals surface area contributed by atoms with Gasteiger partial charge in [-0.1, -0.05) is 24.3 Å². The molecule has 28 heavy (non-hydrogen) atoms. The molecule has 7 heteroatoms. The molecule has 1 heterocycles. The Morgan fingerprint density at radius 2 is 1.75 bits per heavy atom. The largest absolute Gasteiger partial charge is 0.508 e. The fraction of sp³-hybridized carbons (Fsp3) is 0.476. The molecule has 2 fully saturated rings. The maximum atomic E-state index is 12.7. The van der Waals surface area contributed by atoms with E-state index >= 15 is 0 Å². The van der Waals surface area contributed by atoms with Crippen LogP contribution in [0.5, 0.6) is 5.75 Å². The Morgan fingerprint density at radius 1 is 1.11 bits per heavy atom. The van der Waals surface area contributed by atoms with Crippen LogP contribution in [-0.2, 0) is 16.1 Å². The van der Waals surface area contributed by atoms with Gasteiger partial charge >= 0.3 is 0 Å². The fourth-order valence-electron chi connectivity index (χ4n) is 4.58. The molecule has 0 radical (unpaired) electrons. The van der Waals surface area contributed by atoms with E-state index in [1.807, 2.05) is 19.1 Å². The van der Waals surface area contributed by atoms with Crippen LogP contribution >= 0.6 is 0 Å². The minimum atomic E-state index is -0.140. The number of amides is 2. The number of phenolic OH excluding ortho intramolecular Hbond substituents is 1. The number of rotatable bonds is 6. The van der Waals surface area contributed by atoms with Crippen molar-refractivity contribution in [1.29, 1.82) is 0 Å². The lowest BCUT2D eigenvalue weighted by atomic mass is 9.85. The minimum Gasteiger partial charge on any atom is -0.508 e. The normalized spacial score (nSPS) is 28.2. The van der Waals surface area contributed by atoms with Crippen molar-refractivity contribution in [3.63, 3.8) is 0 Å². The van der Waals surface area contributed by atoms with Gasteiger partial charge in [-0.2, -0.15) is 0 Å². The Bertz CT molecular complexity index is 787. The van der Waals surface area contributed by atoms with E-state index in [9.17, 15) is 14.7 Å². The average molecular weight is 382 g/mol. The van der Waals surface area contributed by atoms with Gasteiger partial charge in [-0.15, -0.1) is 0 Å². The van der Waals surface area contributed by atoms with Gasteiger partial charge in [-0.3, -0.25) is 14.5 Å². The topological polar surface area (TPSA) is 94.0 Å². The highest BCUT2D eigenvalue weighted by Gasteiger charge is 2.58. The third-order valence-corrected chi connectivity index (χ3v) is 5.89. The summed E-state index contributed by atoms with van der Waals surface area (Å²) < 4.78 is 0. The monoisotopic (exact) mass is 382 g/mol. The standard InChI is InChI=1S/C21H26N4O3/c1-2-22-21(24-12-13-3-7-16(26)8-4-13)23-9-10-25-19(27)17-14-5-6-15(11-14)18(17)20(25)28/h3-8,14-15,17-18,26H,2,9-12H2,1H3,(H2,22,23,24). The molecule has 1 aliphatic heterocycles. The first-order valence-corrected chi connectivity index (χ1v) is 9.92. The molecule has 1 saturated carbocycles. The second kappa shape index (κ2) is 7.66. The van der Waals surface area contributed by atoms with Gasteiger partial charge in [-0.25, -0.2) is 4.99 Å². The number of nitrogens with zero attached hydrogens (tertiary/aromatic N) is 2. The van der Waals surface area contributed by atoms with Crippen LogP contribution < -0.4 is 10.6 Å². The van der Waals surface area contributed by atoms with Gasteiger partial charge in [-0.05, 0) is 42.9 Å². The van der Waals surface area contributed by atoms with E-state index in [0.717, 1.165) is 12.0 Å². The number of carbonyl (C=O) groups is 2. The summed E-state index contributed by atoms with van der Waals surface area (Å²) in [5.74, 6) is 1.04. The van der Waals surface area contributed by atoms with Gasteiger partial charge in [0, 0.05) is 19.6 Å². The highest BCUT2D eigenvalue weighted by Crippen LogP contribution is 2.52. The van der Waals surface area contributed by atoms with Crippen LogP contribution in [0.3, 0.4) is 0 Å². The molecular weight excluding hydrogens is 356 g/mol. The molecule has 1 aromatic rings. The van der Waals surface area contributed by atoms with Crippen LogP contribution in [-0.4, -0.2) is 47.4 Å². The molecule has 4 unspecified atom stereocenters. The number of likely N-dealkylation sites (tertiary alicyclic amines) is 1. The van der Waals surface area contributed by atoms with Crippen molar-refractivity contribution in [3.8, 4) is 5.75 Å². The predicted octanol–water partition coefficient (Wildman–Crippen LogP) is 1.25. The van der Waals surface area contributed by atoms with Crippen molar-refractivity contribution in [1.82, 2.24) is 15.5 Å². The highest BCUT2D eigenvalue weighted by atomic mass is 16.3. The van der Waals surface area contributed by atoms with Crippen LogP contribution in [0.1, 0.15) is 18.9 Å². The third kappa shape index (κ3) is 3.37. The molecule has 1 saturated heterocycles.